The van der Waals surface area contributed by atoms with Crippen molar-refractivity contribution < 1.29 is 4.74 Å². The van der Waals surface area contributed by atoms with E-state index < -0.39 is 0 Å². The van der Waals surface area contributed by atoms with Crippen molar-refractivity contribution in [2.45, 2.75) is 6.54 Å². The van der Waals surface area contributed by atoms with Crippen molar-refractivity contribution in [3.8, 4) is 0 Å². The lowest BCUT2D eigenvalue weighted by Gasteiger charge is -1.99. The van der Waals surface area contributed by atoms with Gasteiger partial charge in [0.1, 0.15) is 6.33 Å². The van der Waals surface area contributed by atoms with Gasteiger partial charge in [0, 0.05) is 20.7 Å². The van der Waals surface area contributed by atoms with Crippen LogP contribution >= 0.6 is 0 Å². The second kappa shape index (κ2) is 4.84. The molecule has 0 aliphatic rings. The Morgan fingerprint density at radius 1 is 1.67 bits per heavy atom. The zero-order chi connectivity index (χ0) is 8.81. The molecule has 1 aromatic rings. The largest absolute Gasteiger partial charge is 0.383 e. The summed E-state index contributed by atoms with van der Waals surface area (Å²) < 4.78 is 6.56. The van der Waals surface area contributed by atoms with Crippen LogP contribution in [0.2, 0.25) is 0 Å². The summed E-state index contributed by atoms with van der Waals surface area (Å²) in [5, 5.41) is 7.26. The first-order chi connectivity index (χ1) is 5.83. The topological polar surface area (TPSA) is 52.0 Å². The number of aromatic nitrogens is 3. The molecule has 68 valence electrons. The van der Waals surface area contributed by atoms with Crippen LogP contribution in [0.5, 0.6) is 0 Å². The predicted octanol–water partition coefficient (Wildman–Crippen LogP) is -0.449. The highest BCUT2D eigenvalue weighted by Crippen LogP contribution is 1.85. The van der Waals surface area contributed by atoms with E-state index in [2.05, 4.69) is 15.4 Å². The van der Waals surface area contributed by atoms with E-state index in [1.54, 1.807) is 18.1 Å². The number of hydrogen-bond donors (Lipinski definition) is 1. The molecule has 0 bridgehead atoms. The van der Waals surface area contributed by atoms with Crippen molar-refractivity contribution in [2.75, 3.05) is 20.3 Å². The maximum atomic E-state index is 4.88. The lowest BCUT2D eigenvalue weighted by molar-refractivity contribution is 0.199. The highest BCUT2D eigenvalue weighted by Gasteiger charge is 1.95. The summed E-state index contributed by atoms with van der Waals surface area (Å²) in [4.78, 5) is 4.06. The van der Waals surface area contributed by atoms with Gasteiger partial charge in [0.05, 0.1) is 13.2 Å². The van der Waals surface area contributed by atoms with Crippen LogP contribution < -0.4 is 5.32 Å². The Bertz CT molecular complexity index is 223. The first-order valence-corrected chi connectivity index (χ1v) is 3.87. The monoisotopic (exact) mass is 170 g/mol. The zero-order valence-corrected chi connectivity index (χ0v) is 7.45. The van der Waals surface area contributed by atoms with Crippen LogP contribution in [0.25, 0.3) is 0 Å². The summed E-state index contributed by atoms with van der Waals surface area (Å²) in [6.45, 7) is 2.24. The standard InChI is InChI=1S/C7H14N4O/c1-11-6-9-7(10-11)5-8-3-4-12-2/h6,8H,3-5H2,1-2H3. The molecule has 5 heteroatoms. The highest BCUT2D eigenvalue weighted by molar-refractivity contribution is 4.79. The molecule has 0 atom stereocenters. The normalized spacial score (nSPS) is 10.5. The molecule has 1 aromatic heterocycles. The maximum absolute atomic E-state index is 4.88. The lowest BCUT2D eigenvalue weighted by atomic mass is 10.5. The van der Waals surface area contributed by atoms with Crippen molar-refractivity contribution in [1.82, 2.24) is 20.1 Å². The third-order valence-corrected chi connectivity index (χ3v) is 1.41. The van der Waals surface area contributed by atoms with Crippen molar-refractivity contribution in [3.05, 3.63) is 12.2 Å². The summed E-state index contributed by atoms with van der Waals surface area (Å²) in [6.07, 6.45) is 1.69. The molecule has 0 amide bonds. The third kappa shape index (κ3) is 2.98. The van der Waals surface area contributed by atoms with Crippen LogP contribution in [-0.4, -0.2) is 35.0 Å². The van der Waals surface area contributed by atoms with E-state index in [0.717, 1.165) is 12.4 Å². The predicted molar refractivity (Wildman–Crippen MR) is 44.6 cm³/mol. The summed E-state index contributed by atoms with van der Waals surface area (Å²) in [6, 6.07) is 0. The summed E-state index contributed by atoms with van der Waals surface area (Å²) in [7, 11) is 3.53. The highest BCUT2D eigenvalue weighted by atomic mass is 16.5. The van der Waals surface area contributed by atoms with Crippen LogP contribution in [0.4, 0.5) is 0 Å². The van der Waals surface area contributed by atoms with E-state index in [9.17, 15) is 0 Å². The zero-order valence-electron chi connectivity index (χ0n) is 7.45. The van der Waals surface area contributed by atoms with Gasteiger partial charge < -0.3 is 10.1 Å². The van der Waals surface area contributed by atoms with E-state index in [4.69, 9.17) is 4.74 Å². The molecular weight excluding hydrogens is 156 g/mol. The molecule has 0 saturated carbocycles. The van der Waals surface area contributed by atoms with E-state index in [1.807, 2.05) is 7.05 Å². The third-order valence-electron chi connectivity index (χ3n) is 1.41. The first kappa shape index (κ1) is 9.15. The van der Waals surface area contributed by atoms with Crippen LogP contribution in [0, 0.1) is 0 Å². The Balaban J connectivity index is 2.15. The molecule has 1 heterocycles. The molecule has 1 N–H and O–H groups in total. The molecule has 0 aromatic carbocycles. The van der Waals surface area contributed by atoms with Crippen molar-refractivity contribution in [1.29, 1.82) is 0 Å². The smallest absolute Gasteiger partial charge is 0.164 e. The molecule has 0 fully saturated rings. The van der Waals surface area contributed by atoms with Gasteiger partial charge in [-0.15, -0.1) is 0 Å². The van der Waals surface area contributed by atoms with Gasteiger partial charge in [-0.1, -0.05) is 0 Å². The molecule has 0 radical (unpaired) electrons. The van der Waals surface area contributed by atoms with Gasteiger partial charge >= 0.3 is 0 Å². The Kier molecular flexibility index (Phi) is 3.69. The van der Waals surface area contributed by atoms with Crippen molar-refractivity contribution in [3.63, 3.8) is 0 Å². The summed E-state index contributed by atoms with van der Waals surface area (Å²) >= 11 is 0. The minimum Gasteiger partial charge on any atom is -0.383 e. The van der Waals surface area contributed by atoms with Gasteiger partial charge in [0.25, 0.3) is 0 Å². The number of nitrogens with zero attached hydrogens (tertiary/aromatic N) is 3. The molecule has 0 aliphatic heterocycles. The second-order valence-corrected chi connectivity index (χ2v) is 2.50. The van der Waals surface area contributed by atoms with Crippen molar-refractivity contribution >= 4 is 0 Å². The van der Waals surface area contributed by atoms with Gasteiger partial charge in [-0.3, -0.25) is 4.68 Å². The summed E-state index contributed by atoms with van der Waals surface area (Å²) in [5.74, 6) is 0.814. The van der Waals surface area contributed by atoms with Crippen LogP contribution in [0.1, 0.15) is 5.82 Å². The number of rotatable bonds is 5. The molecule has 1 rings (SSSR count). The van der Waals surface area contributed by atoms with Gasteiger partial charge in [-0.05, 0) is 0 Å². The second-order valence-electron chi connectivity index (χ2n) is 2.50. The van der Waals surface area contributed by atoms with Crippen molar-refractivity contribution in [2.24, 2.45) is 7.05 Å². The number of methoxy groups -OCH3 is 1. The molecular formula is C7H14N4O. The van der Waals surface area contributed by atoms with Crippen LogP contribution in [0.3, 0.4) is 0 Å². The Morgan fingerprint density at radius 3 is 3.08 bits per heavy atom. The average Bonchev–Trinajstić information content (AvgIpc) is 2.45. The molecule has 12 heavy (non-hydrogen) atoms. The van der Waals surface area contributed by atoms with Gasteiger partial charge in [0.15, 0.2) is 5.82 Å². The van der Waals surface area contributed by atoms with E-state index in [1.165, 1.54) is 0 Å². The average molecular weight is 170 g/mol. The van der Waals surface area contributed by atoms with E-state index in [-0.39, 0.29) is 0 Å². The van der Waals surface area contributed by atoms with Crippen LogP contribution in [0.15, 0.2) is 6.33 Å². The van der Waals surface area contributed by atoms with Gasteiger partial charge in [-0.2, -0.15) is 5.10 Å². The van der Waals surface area contributed by atoms with Crippen LogP contribution in [-0.2, 0) is 18.3 Å². The number of ether oxygens (including phenoxy) is 1. The molecule has 0 saturated heterocycles. The maximum Gasteiger partial charge on any atom is 0.164 e. The van der Waals surface area contributed by atoms with E-state index in [0.29, 0.717) is 13.2 Å². The van der Waals surface area contributed by atoms with Gasteiger partial charge in [-0.25, -0.2) is 4.98 Å². The number of hydrogen-bond acceptors (Lipinski definition) is 4. The molecule has 5 nitrogen and oxygen atoms in total. The number of nitrogens with one attached hydrogen (secondary N) is 1. The molecule has 0 spiro atoms. The molecule has 0 aliphatic carbocycles. The fourth-order valence-electron chi connectivity index (χ4n) is 0.839. The summed E-state index contributed by atoms with van der Waals surface area (Å²) in [5.41, 5.74) is 0. The fourth-order valence-corrected chi connectivity index (χ4v) is 0.839. The SMILES string of the molecule is COCCNCc1ncn(C)n1. The Hall–Kier alpha value is -0.940. The molecule has 0 unspecified atom stereocenters. The Morgan fingerprint density at radius 2 is 2.50 bits per heavy atom. The Labute approximate surface area is 71.7 Å². The quantitative estimate of drug-likeness (QED) is 0.608. The minimum absolute atomic E-state index is 0.699. The number of aryl methyl sites for hydroxylation is 1. The lowest BCUT2D eigenvalue weighted by Crippen LogP contribution is -2.19. The van der Waals surface area contributed by atoms with E-state index >= 15 is 0 Å². The fraction of sp³-hybridized carbons (Fsp3) is 0.714. The van der Waals surface area contributed by atoms with Gasteiger partial charge in [0.2, 0.25) is 0 Å². The minimum atomic E-state index is 0.699. The first-order valence-electron chi connectivity index (χ1n) is 3.87.